The van der Waals surface area contributed by atoms with Gasteiger partial charge in [0.05, 0.1) is 16.9 Å². The molecule has 1 aliphatic rings. The van der Waals surface area contributed by atoms with E-state index >= 15 is 0 Å². The molecule has 3 rings (SSSR count). The molecule has 0 spiro atoms. The first kappa shape index (κ1) is 15.7. The summed E-state index contributed by atoms with van der Waals surface area (Å²) in [6, 6.07) is 14.2. The van der Waals surface area contributed by atoms with Crippen LogP contribution in [0, 0.1) is 0 Å². The van der Waals surface area contributed by atoms with Crippen LogP contribution in [-0.4, -0.2) is 12.6 Å². The Morgan fingerprint density at radius 1 is 1.13 bits per heavy atom. The van der Waals surface area contributed by atoms with Gasteiger partial charge in [0.15, 0.2) is 0 Å². The van der Waals surface area contributed by atoms with Crippen molar-refractivity contribution < 1.29 is 13.2 Å². The lowest BCUT2D eigenvalue weighted by atomic mass is 10.0. The van der Waals surface area contributed by atoms with Gasteiger partial charge in [0, 0.05) is 19.1 Å². The summed E-state index contributed by atoms with van der Waals surface area (Å²) >= 11 is 0. The fourth-order valence-corrected chi connectivity index (χ4v) is 3.00. The standard InChI is InChI=1S/C18H19F3N2/c1-2-15-11-22-16-10-14(18(19,20)21)8-9-17(16)23(15)12-13-6-4-3-5-7-13/h3-10,15,22H,2,11-12H2,1H3. The van der Waals surface area contributed by atoms with Crippen molar-refractivity contribution in [1.82, 2.24) is 0 Å². The zero-order valence-corrected chi connectivity index (χ0v) is 12.9. The molecule has 0 fully saturated rings. The predicted molar refractivity (Wildman–Crippen MR) is 86.6 cm³/mol. The molecule has 2 nitrogen and oxygen atoms in total. The van der Waals surface area contributed by atoms with Gasteiger partial charge in [0.2, 0.25) is 0 Å². The molecule has 0 aromatic heterocycles. The summed E-state index contributed by atoms with van der Waals surface area (Å²) in [5, 5.41) is 3.15. The molecule has 23 heavy (non-hydrogen) atoms. The Hall–Kier alpha value is -2.17. The molecule has 1 aliphatic heterocycles. The molecular formula is C18H19F3N2. The molecule has 1 unspecified atom stereocenters. The molecule has 0 bridgehead atoms. The summed E-state index contributed by atoms with van der Waals surface area (Å²) in [4.78, 5) is 2.20. The van der Waals surface area contributed by atoms with Crippen LogP contribution in [0.15, 0.2) is 48.5 Å². The van der Waals surface area contributed by atoms with Crippen LogP contribution >= 0.6 is 0 Å². The topological polar surface area (TPSA) is 15.3 Å². The third-order valence-electron chi connectivity index (χ3n) is 4.27. The SMILES string of the molecule is CCC1CNc2cc(C(F)(F)F)ccc2N1Cc1ccccc1. The second-order valence-electron chi connectivity index (χ2n) is 5.79. The fourth-order valence-electron chi connectivity index (χ4n) is 3.00. The van der Waals surface area contributed by atoms with E-state index in [0.717, 1.165) is 23.7 Å². The molecule has 0 saturated carbocycles. The second-order valence-corrected chi connectivity index (χ2v) is 5.79. The van der Waals surface area contributed by atoms with E-state index in [9.17, 15) is 13.2 Å². The lowest BCUT2D eigenvalue weighted by molar-refractivity contribution is -0.137. The molecular weight excluding hydrogens is 301 g/mol. The van der Waals surface area contributed by atoms with Crippen LogP contribution in [0.3, 0.4) is 0 Å². The summed E-state index contributed by atoms with van der Waals surface area (Å²) in [6.07, 6.45) is -3.39. The van der Waals surface area contributed by atoms with E-state index in [4.69, 9.17) is 0 Å². The van der Waals surface area contributed by atoms with E-state index in [-0.39, 0.29) is 6.04 Å². The average molecular weight is 320 g/mol. The van der Waals surface area contributed by atoms with Crippen LogP contribution in [0.1, 0.15) is 24.5 Å². The Morgan fingerprint density at radius 3 is 2.52 bits per heavy atom. The first-order valence-corrected chi connectivity index (χ1v) is 7.74. The molecule has 0 saturated heterocycles. The van der Waals surface area contributed by atoms with Crippen molar-refractivity contribution in [2.45, 2.75) is 32.1 Å². The van der Waals surface area contributed by atoms with Crippen LogP contribution in [0.25, 0.3) is 0 Å². The number of halogens is 3. The van der Waals surface area contributed by atoms with Crippen LogP contribution < -0.4 is 10.2 Å². The smallest absolute Gasteiger partial charge is 0.381 e. The zero-order chi connectivity index (χ0) is 16.4. The van der Waals surface area contributed by atoms with Crippen molar-refractivity contribution in [3.05, 3.63) is 59.7 Å². The van der Waals surface area contributed by atoms with Gasteiger partial charge in [0.1, 0.15) is 0 Å². The number of alkyl halides is 3. The van der Waals surface area contributed by atoms with Gasteiger partial charge < -0.3 is 10.2 Å². The molecule has 2 aromatic rings. The lowest BCUT2D eigenvalue weighted by Crippen LogP contribution is -2.43. The highest BCUT2D eigenvalue weighted by molar-refractivity contribution is 5.74. The molecule has 0 radical (unpaired) electrons. The first-order valence-electron chi connectivity index (χ1n) is 7.74. The monoisotopic (exact) mass is 320 g/mol. The van der Waals surface area contributed by atoms with Crippen molar-refractivity contribution in [3.63, 3.8) is 0 Å². The number of hydrogen-bond acceptors (Lipinski definition) is 2. The van der Waals surface area contributed by atoms with Crippen LogP contribution in [0.5, 0.6) is 0 Å². The van der Waals surface area contributed by atoms with Gasteiger partial charge in [-0.2, -0.15) is 13.2 Å². The second kappa shape index (κ2) is 6.14. The molecule has 0 amide bonds. The van der Waals surface area contributed by atoms with Crippen LogP contribution in [0.4, 0.5) is 24.5 Å². The van der Waals surface area contributed by atoms with Gasteiger partial charge in [-0.3, -0.25) is 0 Å². The van der Waals surface area contributed by atoms with E-state index in [1.165, 1.54) is 6.07 Å². The Bertz CT molecular complexity index is 668. The van der Waals surface area contributed by atoms with Crippen LogP contribution in [-0.2, 0) is 12.7 Å². The van der Waals surface area contributed by atoms with Crippen molar-refractivity contribution in [2.75, 3.05) is 16.8 Å². The number of rotatable bonds is 3. The van der Waals surface area contributed by atoms with Crippen molar-refractivity contribution in [3.8, 4) is 0 Å². The lowest BCUT2D eigenvalue weighted by Gasteiger charge is -2.39. The van der Waals surface area contributed by atoms with Crippen LogP contribution in [0.2, 0.25) is 0 Å². The highest BCUT2D eigenvalue weighted by Crippen LogP contribution is 2.38. The number of nitrogens with zero attached hydrogens (tertiary/aromatic N) is 1. The third-order valence-corrected chi connectivity index (χ3v) is 4.27. The number of hydrogen-bond donors (Lipinski definition) is 1. The largest absolute Gasteiger partial charge is 0.416 e. The molecule has 1 atom stereocenters. The molecule has 122 valence electrons. The minimum atomic E-state index is -4.32. The average Bonchev–Trinajstić information content (AvgIpc) is 2.55. The molecule has 0 aliphatic carbocycles. The quantitative estimate of drug-likeness (QED) is 0.864. The summed E-state index contributed by atoms with van der Waals surface area (Å²) in [6.45, 7) is 3.44. The Balaban J connectivity index is 1.95. The van der Waals surface area contributed by atoms with Crippen molar-refractivity contribution in [1.29, 1.82) is 0 Å². The van der Waals surface area contributed by atoms with Crippen molar-refractivity contribution in [2.24, 2.45) is 0 Å². The summed E-state index contributed by atoms with van der Waals surface area (Å²) in [5.74, 6) is 0. The predicted octanol–water partition coefficient (Wildman–Crippen LogP) is 4.92. The third kappa shape index (κ3) is 3.28. The zero-order valence-electron chi connectivity index (χ0n) is 12.9. The Kier molecular flexibility index (Phi) is 4.20. The first-order chi connectivity index (χ1) is 11.0. The van der Waals surface area contributed by atoms with Gasteiger partial charge in [-0.1, -0.05) is 37.3 Å². The summed E-state index contributed by atoms with van der Waals surface area (Å²) in [5.41, 5.74) is 1.93. The molecule has 1 N–H and O–H groups in total. The van der Waals surface area contributed by atoms with E-state index in [0.29, 0.717) is 18.8 Å². The van der Waals surface area contributed by atoms with E-state index in [1.54, 1.807) is 6.07 Å². The minimum absolute atomic E-state index is 0.263. The maximum Gasteiger partial charge on any atom is 0.416 e. The highest BCUT2D eigenvalue weighted by atomic mass is 19.4. The highest BCUT2D eigenvalue weighted by Gasteiger charge is 2.33. The van der Waals surface area contributed by atoms with Gasteiger partial charge in [-0.25, -0.2) is 0 Å². The number of nitrogens with one attached hydrogen (secondary N) is 1. The molecule has 5 heteroatoms. The Morgan fingerprint density at radius 2 is 1.87 bits per heavy atom. The molecule has 1 heterocycles. The van der Waals surface area contributed by atoms with E-state index in [2.05, 4.69) is 17.1 Å². The number of benzene rings is 2. The Labute approximate surface area is 133 Å². The maximum atomic E-state index is 12.9. The van der Waals surface area contributed by atoms with Gasteiger partial charge in [0.25, 0.3) is 0 Å². The van der Waals surface area contributed by atoms with E-state index in [1.807, 2.05) is 30.3 Å². The molecule has 2 aromatic carbocycles. The van der Waals surface area contributed by atoms with Gasteiger partial charge >= 0.3 is 6.18 Å². The minimum Gasteiger partial charge on any atom is -0.381 e. The normalized spacial score (nSPS) is 17.6. The van der Waals surface area contributed by atoms with E-state index < -0.39 is 11.7 Å². The van der Waals surface area contributed by atoms with Crippen molar-refractivity contribution >= 4 is 11.4 Å². The summed E-state index contributed by atoms with van der Waals surface area (Å²) < 4.78 is 38.7. The van der Waals surface area contributed by atoms with Gasteiger partial charge in [-0.05, 0) is 30.2 Å². The number of anilines is 2. The fraction of sp³-hybridized carbons (Fsp3) is 0.333. The summed E-state index contributed by atoms with van der Waals surface area (Å²) in [7, 11) is 0. The maximum absolute atomic E-state index is 12.9. The van der Waals surface area contributed by atoms with Gasteiger partial charge in [-0.15, -0.1) is 0 Å². The number of fused-ring (bicyclic) bond motifs is 1.